The van der Waals surface area contributed by atoms with Crippen LogP contribution in [0.4, 0.5) is 4.79 Å². The zero-order valence-electron chi connectivity index (χ0n) is 12.3. The summed E-state index contributed by atoms with van der Waals surface area (Å²) in [6.45, 7) is 0.344. The van der Waals surface area contributed by atoms with Crippen LogP contribution in [-0.2, 0) is 20.8 Å². The zero-order valence-corrected chi connectivity index (χ0v) is 12.3. The highest BCUT2D eigenvalue weighted by Crippen LogP contribution is 2.24. The molecule has 1 saturated heterocycles. The normalized spacial score (nSPS) is 25.1. The lowest BCUT2D eigenvalue weighted by Crippen LogP contribution is -2.43. The van der Waals surface area contributed by atoms with Crippen molar-refractivity contribution in [3.8, 4) is 0 Å². The molecule has 1 heterocycles. The zero-order chi connectivity index (χ0) is 15.2. The highest BCUT2D eigenvalue weighted by molar-refractivity contribution is 5.69. The fraction of sp³-hybridized carbons (Fsp3) is 0.533. The quantitative estimate of drug-likeness (QED) is 0.878. The third-order valence-electron chi connectivity index (χ3n) is 3.72. The summed E-state index contributed by atoms with van der Waals surface area (Å²) < 4.78 is 15.9. The Balaban J connectivity index is 1.98. The van der Waals surface area contributed by atoms with E-state index in [1.165, 1.54) is 12.0 Å². The Morgan fingerprint density at radius 1 is 1.29 bits per heavy atom. The summed E-state index contributed by atoms with van der Waals surface area (Å²) in [6.07, 6.45) is -1.10. The van der Waals surface area contributed by atoms with Crippen molar-refractivity contribution in [1.82, 2.24) is 4.90 Å². The molecule has 0 aliphatic carbocycles. The molecular formula is C15H21NO5. The summed E-state index contributed by atoms with van der Waals surface area (Å²) in [7, 11) is 3.10. The molecule has 1 aliphatic rings. The highest BCUT2D eigenvalue weighted by Gasteiger charge is 2.45. The van der Waals surface area contributed by atoms with Crippen molar-refractivity contribution in [2.45, 2.75) is 24.9 Å². The summed E-state index contributed by atoms with van der Waals surface area (Å²) in [4.78, 5) is 13.7. The van der Waals surface area contributed by atoms with Crippen LogP contribution in [0.15, 0.2) is 30.3 Å². The van der Waals surface area contributed by atoms with E-state index in [0.717, 1.165) is 5.56 Å². The van der Waals surface area contributed by atoms with Gasteiger partial charge in [0.15, 0.2) is 0 Å². The van der Waals surface area contributed by atoms with Gasteiger partial charge in [-0.1, -0.05) is 30.3 Å². The molecule has 6 heteroatoms. The number of hydrogen-bond acceptors (Lipinski definition) is 5. The number of amides is 1. The fourth-order valence-corrected chi connectivity index (χ4v) is 2.59. The van der Waals surface area contributed by atoms with E-state index in [1.807, 2.05) is 30.3 Å². The van der Waals surface area contributed by atoms with Gasteiger partial charge >= 0.3 is 6.09 Å². The van der Waals surface area contributed by atoms with E-state index >= 15 is 0 Å². The molecular weight excluding hydrogens is 274 g/mol. The predicted octanol–water partition coefficient (Wildman–Crippen LogP) is 1.03. The Bertz CT molecular complexity index is 453. The van der Waals surface area contributed by atoms with Crippen molar-refractivity contribution in [1.29, 1.82) is 0 Å². The van der Waals surface area contributed by atoms with E-state index < -0.39 is 12.1 Å². The van der Waals surface area contributed by atoms with Gasteiger partial charge in [0.1, 0.15) is 18.8 Å². The van der Waals surface area contributed by atoms with E-state index in [9.17, 15) is 9.90 Å². The number of aliphatic hydroxyl groups is 1. The van der Waals surface area contributed by atoms with Crippen LogP contribution >= 0.6 is 0 Å². The molecule has 6 nitrogen and oxygen atoms in total. The van der Waals surface area contributed by atoms with Gasteiger partial charge in [-0.3, -0.25) is 4.90 Å². The topological polar surface area (TPSA) is 68.2 Å². The van der Waals surface area contributed by atoms with Gasteiger partial charge in [0, 0.05) is 14.2 Å². The van der Waals surface area contributed by atoms with Gasteiger partial charge in [-0.15, -0.1) is 0 Å². The van der Waals surface area contributed by atoms with Crippen LogP contribution in [0.5, 0.6) is 0 Å². The Morgan fingerprint density at radius 3 is 2.57 bits per heavy atom. The molecule has 0 saturated carbocycles. The molecule has 0 radical (unpaired) electrons. The molecule has 0 aromatic heterocycles. The average Bonchev–Trinajstić information content (AvgIpc) is 2.91. The van der Waals surface area contributed by atoms with Crippen molar-refractivity contribution in [2.24, 2.45) is 0 Å². The molecule has 2 rings (SSSR count). The lowest BCUT2D eigenvalue weighted by molar-refractivity contribution is -0.0280. The van der Waals surface area contributed by atoms with Crippen LogP contribution in [0.1, 0.15) is 5.56 Å². The molecule has 1 aromatic rings. The lowest BCUT2D eigenvalue weighted by atomic mass is 10.1. The minimum atomic E-state index is -0.473. The van der Waals surface area contributed by atoms with Crippen molar-refractivity contribution < 1.29 is 24.1 Å². The molecule has 0 unspecified atom stereocenters. The highest BCUT2D eigenvalue weighted by atomic mass is 16.6. The number of rotatable bonds is 5. The molecule has 1 aliphatic heterocycles. The van der Waals surface area contributed by atoms with Gasteiger partial charge < -0.3 is 19.3 Å². The van der Waals surface area contributed by atoms with Gasteiger partial charge in [-0.05, 0) is 5.56 Å². The second-order valence-electron chi connectivity index (χ2n) is 4.92. The molecule has 21 heavy (non-hydrogen) atoms. The first-order chi connectivity index (χ1) is 10.2. The van der Waals surface area contributed by atoms with Crippen LogP contribution in [0.3, 0.4) is 0 Å². The Hall–Kier alpha value is -1.63. The van der Waals surface area contributed by atoms with E-state index in [2.05, 4.69) is 0 Å². The van der Waals surface area contributed by atoms with Gasteiger partial charge in [-0.2, -0.15) is 0 Å². The van der Waals surface area contributed by atoms with Gasteiger partial charge in [0.25, 0.3) is 0 Å². The molecule has 1 fully saturated rings. The van der Waals surface area contributed by atoms with Crippen molar-refractivity contribution in [3.05, 3.63) is 35.9 Å². The van der Waals surface area contributed by atoms with Gasteiger partial charge in [0.2, 0.25) is 0 Å². The number of nitrogens with zero attached hydrogens (tertiary/aromatic N) is 1. The molecule has 1 amide bonds. The minimum absolute atomic E-state index is 0.196. The Kier molecular flexibility index (Phi) is 5.55. The third-order valence-corrected chi connectivity index (χ3v) is 3.72. The summed E-state index contributed by atoms with van der Waals surface area (Å²) in [5.74, 6) is 0. The smallest absolute Gasteiger partial charge is 0.410 e. The number of hydrogen-bond donors (Lipinski definition) is 1. The Morgan fingerprint density at radius 2 is 2.00 bits per heavy atom. The van der Waals surface area contributed by atoms with E-state index in [1.54, 1.807) is 7.11 Å². The largest absolute Gasteiger partial charge is 0.445 e. The maximum atomic E-state index is 12.2. The van der Waals surface area contributed by atoms with Crippen molar-refractivity contribution in [2.75, 3.05) is 27.4 Å². The Labute approximate surface area is 124 Å². The number of benzene rings is 1. The van der Waals surface area contributed by atoms with Crippen LogP contribution < -0.4 is 0 Å². The van der Waals surface area contributed by atoms with Crippen LogP contribution in [-0.4, -0.2) is 61.7 Å². The van der Waals surface area contributed by atoms with E-state index in [4.69, 9.17) is 14.2 Å². The summed E-state index contributed by atoms with van der Waals surface area (Å²) in [5.41, 5.74) is 0.914. The molecule has 1 aromatic carbocycles. The molecule has 0 bridgehead atoms. The number of carbonyl (C=O) groups is 1. The maximum Gasteiger partial charge on any atom is 0.410 e. The molecule has 0 spiro atoms. The summed E-state index contributed by atoms with van der Waals surface area (Å²) >= 11 is 0. The first kappa shape index (κ1) is 15.8. The first-order valence-corrected chi connectivity index (χ1v) is 6.85. The SMILES string of the molecule is CO[C@@H]1[C@H](OC)CN(C(=O)OCc2ccccc2)[C@H]1CO. The van der Waals surface area contributed by atoms with E-state index in [0.29, 0.717) is 6.54 Å². The molecule has 1 N–H and O–H groups in total. The maximum absolute atomic E-state index is 12.2. The second kappa shape index (κ2) is 7.40. The summed E-state index contributed by atoms with van der Waals surface area (Å²) in [5, 5.41) is 9.50. The van der Waals surface area contributed by atoms with Crippen LogP contribution in [0, 0.1) is 0 Å². The predicted molar refractivity (Wildman–Crippen MR) is 75.8 cm³/mol. The summed E-state index contributed by atoms with van der Waals surface area (Å²) in [6, 6.07) is 8.99. The van der Waals surface area contributed by atoms with Gasteiger partial charge in [-0.25, -0.2) is 4.79 Å². The number of likely N-dealkylation sites (tertiary alicyclic amines) is 1. The third kappa shape index (κ3) is 3.53. The van der Waals surface area contributed by atoms with Crippen LogP contribution in [0.25, 0.3) is 0 Å². The number of methoxy groups -OCH3 is 2. The number of ether oxygens (including phenoxy) is 3. The van der Waals surface area contributed by atoms with Crippen molar-refractivity contribution in [3.63, 3.8) is 0 Å². The molecule has 116 valence electrons. The van der Waals surface area contributed by atoms with Crippen LogP contribution in [0.2, 0.25) is 0 Å². The minimum Gasteiger partial charge on any atom is -0.445 e. The second-order valence-corrected chi connectivity index (χ2v) is 4.92. The lowest BCUT2D eigenvalue weighted by Gasteiger charge is -2.24. The average molecular weight is 295 g/mol. The monoisotopic (exact) mass is 295 g/mol. The number of carbonyl (C=O) groups excluding carboxylic acids is 1. The fourth-order valence-electron chi connectivity index (χ4n) is 2.59. The number of aliphatic hydroxyl groups excluding tert-OH is 1. The molecule has 3 atom stereocenters. The van der Waals surface area contributed by atoms with Crippen molar-refractivity contribution >= 4 is 6.09 Å². The van der Waals surface area contributed by atoms with Gasteiger partial charge in [0.05, 0.1) is 19.2 Å². The first-order valence-electron chi connectivity index (χ1n) is 6.85. The van der Waals surface area contributed by atoms with E-state index in [-0.39, 0.29) is 25.4 Å². The standard InChI is InChI=1S/C15H21NO5/c1-19-13-8-16(12(9-17)14(13)20-2)15(18)21-10-11-6-4-3-5-7-11/h3-7,12-14,17H,8-10H2,1-2H3/t12-,13+,14-/m0/s1.